The number of fused-ring (bicyclic) bond motifs is 1. The number of anilines is 2. The van der Waals surface area contributed by atoms with Gasteiger partial charge in [0, 0.05) is 37.7 Å². The van der Waals surface area contributed by atoms with Crippen molar-refractivity contribution < 1.29 is 9.47 Å². The number of hydrogen-bond acceptors (Lipinski definition) is 8. The highest BCUT2D eigenvalue weighted by atomic mass is 16.5. The molecule has 2 N–H and O–H groups in total. The molecule has 0 saturated carbocycles. The first-order valence-electron chi connectivity index (χ1n) is 9.96. The summed E-state index contributed by atoms with van der Waals surface area (Å²) in [6.45, 7) is 1.24. The van der Waals surface area contributed by atoms with Crippen LogP contribution in [0.5, 0.6) is 11.5 Å². The highest BCUT2D eigenvalue weighted by Crippen LogP contribution is 2.25. The third-order valence-electron chi connectivity index (χ3n) is 4.76. The first-order chi connectivity index (χ1) is 15.2. The Hall–Kier alpha value is -3.94. The van der Waals surface area contributed by atoms with E-state index < -0.39 is 0 Å². The van der Waals surface area contributed by atoms with Gasteiger partial charge in [0.05, 0.1) is 19.6 Å². The van der Waals surface area contributed by atoms with E-state index in [4.69, 9.17) is 9.47 Å². The molecule has 0 fully saturated rings. The molecule has 0 saturated heterocycles. The molecule has 0 aliphatic heterocycles. The number of hydrogen-bond donors (Lipinski definition) is 2. The van der Waals surface area contributed by atoms with Gasteiger partial charge in [-0.05, 0) is 47.9 Å². The summed E-state index contributed by atoms with van der Waals surface area (Å²) >= 11 is 0. The Morgan fingerprint density at radius 3 is 2.42 bits per heavy atom. The summed E-state index contributed by atoms with van der Waals surface area (Å²) in [4.78, 5) is 17.8. The van der Waals surface area contributed by atoms with Crippen LogP contribution in [0.15, 0.2) is 61.1 Å². The lowest BCUT2D eigenvalue weighted by atomic mass is 10.2. The maximum atomic E-state index is 5.36. The fourth-order valence-electron chi connectivity index (χ4n) is 3.20. The quantitative estimate of drug-likeness (QED) is 0.427. The van der Waals surface area contributed by atoms with Crippen LogP contribution in [0, 0.1) is 0 Å². The van der Waals surface area contributed by atoms with E-state index in [2.05, 4.69) is 30.6 Å². The molecule has 4 aromatic rings. The SMILES string of the molecule is COc1cc(CNc2nc(NCCc3cccnc3)nc3ncccc23)cc(OC)c1. The lowest BCUT2D eigenvalue weighted by molar-refractivity contribution is 0.393. The van der Waals surface area contributed by atoms with Gasteiger partial charge in [-0.25, -0.2) is 4.98 Å². The number of nitrogens with zero attached hydrogens (tertiary/aromatic N) is 4. The van der Waals surface area contributed by atoms with Gasteiger partial charge in [0.25, 0.3) is 0 Å². The molecule has 8 heteroatoms. The maximum Gasteiger partial charge on any atom is 0.226 e. The van der Waals surface area contributed by atoms with Crippen molar-refractivity contribution in [3.05, 3.63) is 72.2 Å². The minimum absolute atomic E-state index is 0.529. The molecule has 8 nitrogen and oxygen atoms in total. The van der Waals surface area contributed by atoms with Crippen molar-refractivity contribution in [1.82, 2.24) is 19.9 Å². The molecule has 0 bridgehead atoms. The molecule has 0 radical (unpaired) electrons. The van der Waals surface area contributed by atoms with E-state index >= 15 is 0 Å². The third kappa shape index (κ3) is 5.16. The van der Waals surface area contributed by atoms with Crippen molar-refractivity contribution in [3.63, 3.8) is 0 Å². The number of aromatic nitrogens is 4. The largest absolute Gasteiger partial charge is 0.497 e. The van der Waals surface area contributed by atoms with Gasteiger partial charge in [-0.15, -0.1) is 0 Å². The zero-order valence-corrected chi connectivity index (χ0v) is 17.5. The van der Waals surface area contributed by atoms with E-state index in [1.807, 2.05) is 48.7 Å². The Kier molecular flexibility index (Phi) is 6.37. The van der Waals surface area contributed by atoms with Crippen molar-refractivity contribution in [2.24, 2.45) is 0 Å². The van der Waals surface area contributed by atoms with Gasteiger partial charge in [0.1, 0.15) is 17.3 Å². The molecule has 0 amide bonds. The summed E-state index contributed by atoms with van der Waals surface area (Å²) in [6, 6.07) is 13.6. The molecule has 3 heterocycles. The number of pyridine rings is 2. The Balaban J connectivity index is 1.52. The molecule has 0 unspecified atom stereocenters. The predicted molar refractivity (Wildman–Crippen MR) is 121 cm³/mol. The molecule has 0 aliphatic rings. The molecule has 4 rings (SSSR count). The molecule has 158 valence electrons. The third-order valence-corrected chi connectivity index (χ3v) is 4.76. The van der Waals surface area contributed by atoms with Crippen LogP contribution in [0.25, 0.3) is 11.0 Å². The van der Waals surface area contributed by atoms with Crippen molar-refractivity contribution in [2.45, 2.75) is 13.0 Å². The number of methoxy groups -OCH3 is 2. The maximum absolute atomic E-state index is 5.36. The molecule has 0 aliphatic carbocycles. The van der Waals surface area contributed by atoms with Gasteiger partial charge in [-0.2, -0.15) is 9.97 Å². The molecule has 0 spiro atoms. The van der Waals surface area contributed by atoms with Crippen LogP contribution in [0.3, 0.4) is 0 Å². The number of benzene rings is 1. The Morgan fingerprint density at radius 1 is 0.871 bits per heavy atom. The zero-order chi connectivity index (χ0) is 21.5. The lowest BCUT2D eigenvalue weighted by Gasteiger charge is -2.13. The van der Waals surface area contributed by atoms with Gasteiger partial charge in [0.15, 0.2) is 5.65 Å². The standard InChI is InChI=1S/C23H24N6O2/c1-30-18-11-17(12-19(13-18)31-2)15-27-22-20-6-4-9-25-21(20)28-23(29-22)26-10-7-16-5-3-8-24-14-16/h3-6,8-9,11-14H,7,10,15H2,1-2H3,(H2,25,26,27,28,29). The van der Waals surface area contributed by atoms with Crippen LogP contribution in [0.2, 0.25) is 0 Å². The van der Waals surface area contributed by atoms with Crippen LogP contribution in [-0.4, -0.2) is 40.7 Å². The topological polar surface area (TPSA) is 94.1 Å². The smallest absolute Gasteiger partial charge is 0.226 e. The van der Waals surface area contributed by atoms with Gasteiger partial charge >= 0.3 is 0 Å². The molecule has 3 aromatic heterocycles. The molecular formula is C23H24N6O2. The Morgan fingerprint density at radius 2 is 1.68 bits per heavy atom. The summed E-state index contributed by atoms with van der Waals surface area (Å²) < 4.78 is 10.7. The van der Waals surface area contributed by atoms with Gasteiger partial charge < -0.3 is 20.1 Å². The molecular weight excluding hydrogens is 392 g/mol. The van der Waals surface area contributed by atoms with Crippen molar-refractivity contribution in [3.8, 4) is 11.5 Å². The molecule has 0 atom stereocenters. The van der Waals surface area contributed by atoms with E-state index in [9.17, 15) is 0 Å². The number of ether oxygens (including phenoxy) is 2. The lowest BCUT2D eigenvalue weighted by Crippen LogP contribution is -2.11. The Labute approximate surface area is 180 Å². The minimum atomic E-state index is 0.529. The number of nitrogens with one attached hydrogen (secondary N) is 2. The van der Waals surface area contributed by atoms with E-state index in [0.717, 1.165) is 34.4 Å². The normalized spacial score (nSPS) is 10.6. The summed E-state index contributed by atoms with van der Waals surface area (Å²) in [5.41, 5.74) is 2.80. The summed E-state index contributed by atoms with van der Waals surface area (Å²) in [5.74, 6) is 2.72. The van der Waals surface area contributed by atoms with Crippen molar-refractivity contribution in [2.75, 3.05) is 31.4 Å². The average Bonchev–Trinajstić information content (AvgIpc) is 2.83. The van der Waals surface area contributed by atoms with E-state index in [-0.39, 0.29) is 0 Å². The highest BCUT2D eigenvalue weighted by Gasteiger charge is 2.09. The van der Waals surface area contributed by atoms with Crippen LogP contribution < -0.4 is 20.1 Å². The predicted octanol–water partition coefficient (Wildman–Crippen LogP) is 3.70. The fraction of sp³-hybridized carbons (Fsp3) is 0.217. The Bertz CT molecular complexity index is 1130. The summed E-state index contributed by atoms with van der Waals surface area (Å²) in [6.07, 6.45) is 6.18. The molecule has 31 heavy (non-hydrogen) atoms. The first kappa shape index (κ1) is 20.3. The molecule has 1 aromatic carbocycles. The van der Waals surface area contributed by atoms with E-state index in [1.165, 1.54) is 0 Å². The van der Waals surface area contributed by atoms with Crippen molar-refractivity contribution >= 4 is 22.8 Å². The van der Waals surface area contributed by atoms with Gasteiger partial charge in [0.2, 0.25) is 5.95 Å². The van der Waals surface area contributed by atoms with Crippen LogP contribution in [-0.2, 0) is 13.0 Å². The fourth-order valence-corrected chi connectivity index (χ4v) is 3.20. The van der Waals surface area contributed by atoms with Gasteiger partial charge in [-0.1, -0.05) is 6.07 Å². The average molecular weight is 416 g/mol. The monoisotopic (exact) mass is 416 g/mol. The van der Waals surface area contributed by atoms with Crippen LogP contribution in [0.1, 0.15) is 11.1 Å². The second-order valence-electron chi connectivity index (χ2n) is 6.88. The van der Waals surface area contributed by atoms with E-state index in [1.54, 1.807) is 26.6 Å². The summed E-state index contributed by atoms with van der Waals surface area (Å²) in [7, 11) is 3.28. The summed E-state index contributed by atoms with van der Waals surface area (Å²) in [5, 5.41) is 7.55. The van der Waals surface area contributed by atoms with E-state index in [0.29, 0.717) is 30.5 Å². The zero-order valence-electron chi connectivity index (χ0n) is 17.5. The second-order valence-corrected chi connectivity index (χ2v) is 6.88. The second kappa shape index (κ2) is 9.71. The highest BCUT2D eigenvalue weighted by molar-refractivity contribution is 5.87. The van der Waals surface area contributed by atoms with Gasteiger partial charge in [-0.3, -0.25) is 4.98 Å². The minimum Gasteiger partial charge on any atom is -0.497 e. The first-order valence-corrected chi connectivity index (χ1v) is 9.96. The van der Waals surface area contributed by atoms with Crippen LogP contribution >= 0.6 is 0 Å². The van der Waals surface area contributed by atoms with Crippen molar-refractivity contribution in [1.29, 1.82) is 0 Å². The number of rotatable bonds is 9. The van der Waals surface area contributed by atoms with Crippen LogP contribution in [0.4, 0.5) is 11.8 Å².